The van der Waals surface area contributed by atoms with E-state index < -0.39 is 0 Å². The highest BCUT2D eigenvalue weighted by molar-refractivity contribution is 5.55. The largest absolute Gasteiger partial charge is 0.399 e. The predicted octanol–water partition coefficient (Wildman–Crippen LogP) is 2.62. The van der Waals surface area contributed by atoms with Crippen LogP contribution >= 0.6 is 0 Å². The van der Waals surface area contributed by atoms with Crippen molar-refractivity contribution in [3.8, 4) is 0 Å². The molecule has 0 heterocycles. The normalized spacial score (nSPS) is 9.00. The predicted molar refractivity (Wildman–Crippen MR) is 80.8 cm³/mol. The molecule has 2 aromatic carbocycles. The van der Waals surface area contributed by atoms with Crippen molar-refractivity contribution < 1.29 is 0 Å². The van der Waals surface area contributed by atoms with Crippen molar-refractivity contribution in [3.63, 3.8) is 0 Å². The van der Waals surface area contributed by atoms with E-state index >= 15 is 0 Å². The van der Waals surface area contributed by atoms with Gasteiger partial charge in [0, 0.05) is 36.8 Å². The van der Waals surface area contributed by atoms with Gasteiger partial charge < -0.3 is 22.1 Å². The summed E-state index contributed by atoms with van der Waals surface area (Å²) in [6.45, 7) is 0. The van der Waals surface area contributed by atoms with Crippen molar-refractivity contribution in [2.45, 2.75) is 0 Å². The van der Waals surface area contributed by atoms with Crippen molar-refractivity contribution in [2.24, 2.45) is 0 Å². The number of rotatable bonds is 2. The first-order valence-electron chi connectivity index (χ1n) is 5.72. The lowest BCUT2D eigenvalue weighted by molar-refractivity contribution is 1.47. The molecule has 0 aliphatic rings. The van der Waals surface area contributed by atoms with E-state index in [2.05, 4.69) is 16.7 Å². The van der Waals surface area contributed by atoms with Crippen molar-refractivity contribution in [2.75, 3.05) is 36.2 Å². The lowest BCUT2D eigenvalue weighted by atomic mass is 10.3. The fourth-order valence-electron chi connectivity index (χ4n) is 1.39. The van der Waals surface area contributed by atoms with Crippen LogP contribution in [-0.2, 0) is 0 Å². The highest BCUT2D eigenvalue weighted by Gasteiger charge is 1.88. The van der Waals surface area contributed by atoms with E-state index in [1.54, 1.807) is 18.2 Å². The van der Waals surface area contributed by atoms with Crippen LogP contribution in [-0.4, -0.2) is 14.1 Å². The fraction of sp³-hybridized carbons (Fsp3) is 0.143. The highest BCUT2D eigenvalue weighted by Crippen LogP contribution is 2.12. The van der Waals surface area contributed by atoms with Crippen molar-refractivity contribution in [1.82, 2.24) is 0 Å². The Morgan fingerprint density at radius 3 is 1.50 bits per heavy atom. The number of anilines is 4. The molecule has 0 amide bonds. The third-order valence-electron chi connectivity index (χ3n) is 2.35. The molecule has 4 nitrogen and oxygen atoms in total. The zero-order valence-electron chi connectivity index (χ0n) is 10.8. The summed E-state index contributed by atoms with van der Waals surface area (Å²) in [7, 11) is 3.82. The minimum atomic E-state index is 0.713. The maximum Gasteiger partial charge on any atom is 0.0358 e. The zero-order chi connectivity index (χ0) is 13.4. The molecular formula is C14H20N4. The number of hydrogen-bond donors (Lipinski definition) is 4. The molecule has 2 aromatic rings. The molecule has 4 heteroatoms. The molecule has 0 unspecified atom stereocenters. The Labute approximate surface area is 108 Å². The molecule has 0 radical (unpaired) electrons. The third kappa shape index (κ3) is 4.65. The number of nitrogens with one attached hydrogen (secondary N) is 2. The quantitative estimate of drug-likeness (QED) is 0.613. The van der Waals surface area contributed by atoms with Gasteiger partial charge in [0.1, 0.15) is 0 Å². The number of benzene rings is 2. The molecule has 0 atom stereocenters. The molecule has 6 N–H and O–H groups in total. The van der Waals surface area contributed by atoms with Crippen LogP contribution in [0.2, 0.25) is 0 Å². The monoisotopic (exact) mass is 244 g/mol. The van der Waals surface area contributed by atoms with Gasteiger partial charge in [0.15, 0.2) is 0 Å². The van der Waals surface area contributed by atoms with Gasteiger partial charge in [-0.2, -0.15) is 0 Å². The van der Waals surface area contributed by atoms with E-state index in [-0.39, 0.29) is 0 Å². The van der Waals surface area contributed by atoms with Crippen molar-refractivity contribution in [3.05, 3.63) is 48.5 Å². The molecule has 0 saturated carbocycles. The summed E-state index contributed by atoms with van der Waals surface area (Å²) in [5.41, 5.74) is 14.4. The van der Waals surface area contributed by atoms with Crippen LogP contribution < -0.4 is 22.1 Å². The molecule has 0 bridgehead atoms. The fourth-order valence-corrected chi connectivity index (χ4v) is 1.39. The van der Waals surface area contributed by atoms with Crippen LogP contribution in [0.25, 0.3) is 0 Å². The standard InChI is InChI=1S/C8H12N2.C6H8N2/c1-9-7-4-3-5-8(6-7)10-2;7-5-2-1-3-6(8)4-5/h3-6,9-10H,1-2H3;1-4H,7-8H2. The van der Waals surface area contributed by atoms with Gasteiger partial charge in [0.2, 0.25) is 0 Å². The van der Waals surface area contributed by atoms with Gasteiger partial charge in [-0.3, -0.25) is 0 Å². The number of nitrogen functional groups attached to an aromatic ring is 2. The van der Waals surface area contributed by atoms with Crippen LogP contribution in [0.5, 0.6) is 0 Å². The second kappa shape index (κ2) is 7.06. The molecular weight excluding hydrogens is 224 g/mol. The molecule has 0 aromatic heterocycles. The Bertz CT molecular complexity index is 446. The first kappa shape index (κ1) is 13.7. The highest BCUT2D eigenvalue weighted by atomic mass is 14.8. The van der Waals surface area contributed by atoms with Crippen LogP contribution in [0.15, 0.2) is 48.5 Å². The van der Waals surface area contributed by atoms with Crippen LogP contribution in [0.3, 0.4) is 0 Å². The second-order valence-electron chi connectivity index (χ2n) is 3.75. The smallest absolute Gasteiger partial charge is 0.0358 e. The topological polar surface area (TPSA) is 76.1 Å². The van der Waals surface area contributed by atoms with Gasteiger partial charge in [0.05, 0.1) is 0 Å². The van der Waals surface area contributed by atoms with Gasteiger partial charge in [-0.05, 0) is 36.4 Å². The Kier molecular flexibility index (Phi) is 5.38. The van der Waals surface area contributed by atoms with E-state index in [0.717, 1.165) is 11.4 Å². The molecule has 0 spiro atoms. The van der Waals surface area contributed by atoms with E-state index in [0.29, 0.717) is 11.4 Å². The lowest BCUT2D eigenvalue weighted by Crippen LogP contribution is -1.90. The molecule has 2 rings (SSSR count). The van der Waals surface area contributed by atoms with Gasteiger partial charge in [-0.25, -0.2) is 0 Å². The zero-order valence-corrected chi connectivity index (χ0v) is 10.8. The summed E-state index contributed by atoms with van der Waals surface area (Å²) >= 11 is 0. The summed E-state index contributed by atoms with van der Waals surface area (Å²) in [5.74, 6) is 0. The van der Waals surface area contributed by atoms with Gasteiger partial charge in [0.25, 0.3) is 0 Å². The Balaban J connectivity index is 0.000000184. The minimum absolute atomic E-state index is 0.713. The molecule has 96 valence electrons. The molecule has 0 saturated heterocycles. The van der Waals surface area contributed by atoms with E-state index in [1.165, 1.54) is 0 Å². The molecule has 0 aliphatic heterocycles. The first-order valence-corrected chi connectivity index (χ1v) is 5.72. The summed E-state index contributed by atoms with van der Waals surface area (Å²) < 4.78 is 0. The number of nitrogens with two attached hydrogens (primary N) is 2. The summed E-state index contributed by atoms with van der Waals surface area (Å²) in [4.78, 5) is 0. The average Bonchev–Trinajstić information content (AvgIpc) is 2.39. The SMILES string of the molecule is CNc1cccc(NC)c1.Nc1cccc(N)c1. The van der Waals surface area contributed by atoms with Gasteiger partial charge >= 0.3 is 0 Å². The minimum Gasteiger partial charge on any atom is -0.399 e. The molecule has 0 fully saturated rings. The van der Waals surface area contributed by atoms with Crippen molar-refractivity contribution >= 4 is 22.7 Å². The summed E-state index contributed by atoms with van der Waals surface area (Å²) in [6.07, 6.45) is 0. The molecule has 18 heavy (non-hydrogen) atoms. The Hall–Kier alpha value is -2.36. The lowest BCUT2D eigenvalue weighted by Gasteiger charge is -2.02. The Morgan fingerprint density at radius 1 is 0.722 bits per heavy atom. The molecule has 0 aliphatic carbocycles. The van der Waals surface area contributed by atoms with E-state index in [9.17, 15) is 0 Å². The van der Waals surface area contributed by atoms with Crippen LogP contribution in [0, 0.1) is 0 Å². The van der Waals surface area contributed by atoms with Crippen molar-refractivity contribution in [1.29, 1.82) is 0 Å². The summed E-state index contributed by atoms with van der Waals surface area (Å²) in [6, 6.07) is 15.3. The Morgan fingerprint density at radius 2 is 1.17 bits per heavy atom. The average molecular weight is 244 g/mol. The third-order valence-corrected chi connectivity index (χ3v) is 2.35. The van der Waals surface area contributed by atoms with E-state index in [4.69, 9.17) is 11.5 Å². The van der Waals surface area contributed by atoms with Crippen LogP contribution in [0.4, 0.5) is 22.7 Å². The van der Waals surface area contributed by atoms with Gasteiger partial charge in [-0.1, -0.05) is 12.1 Å². The van der Waals surface area contributed by atoms with Gasteiger partial charge in [-0.15, -0.1) is 0 Å². The maximum atomic E-state index is 5.38. The second-order valence-corrected chi connectivity index (χ2v) is 3.75. The first-order chi connectivity index (χ1) is 8.65. The van der Waals surface area contributed by atoms with E-state index in [1.807, 2.05) is 38.4 Å². The summed E-state index contributed by atoms with van der Waals surface area (Å²) in [5, 5.41) is 6.12. The van der Waals surface area contributed by atoms with Crippen LogP contribution in [0.1, 0.15) is 0 Å². The maximum absolute atomic E-state index is 5.38. The number of hydrogen-bond acceptors (Lipinski definition) is 4.